The van der Waals surface area contributed by atoms with Crippen LogP contribution in [0.4, 0.5) is 0 Å². The van der Waals surface area contributed by atoms with Crippen LogP contribution in [0.5, 0.6) is 0 Å². The minimum absolute atomic E-state index is 0.363. The molecule has 3 N–H and O–H groups in total. The molecule has 1 saturated heterocycles. The largest absolute Gasteiger partial charge is 0.337 e. The van der Waals surface area contributed by atoms with E-state index >= 15 is 0 Å². The third kappa shape index (κ3) is 2.19. The highest BCUT2D eigenvalue weighted by Crippen LogP contribution is 2.19. The molecule has 1 atom stereocenters. The molecule has 5 heteroatoms. The Kier molecular flexibility index (Phi) is 3.35. The minimum Gasteiger partial charge on any atom is -0.337 e. The number of hydrogen-bond donors (Lipinski definition) is 2. The molecule has 0 aliphatic carbocycles. The van der Waals surface area contributed by atoms with Crippen LogP contribution in [0.3, 0.4) is 0 Å². The van der Waals surface area contributed by atoms with Crippen molar-refractivity contribution in [1.82, 2.24) is 19.8 Å². The zero-order valence-electron chi connectivity index (χ0n) is 9.19. The van der Waals surface area contributed by atoms with E-state index in [0.717, 1.165) is 32.0 Å². The lowest BCUT2D eigenvalue weighted by atomic mass is 10.2. The number of nitrogens with two attached hydrogens (primary N) is 1. The average Bonchev–Trinajstić information content (AvgIpc) is 2.66. The van der Waals surface area contributed by atoms with E-state index in [0.29, 0.717) is 12.6 Å². The molecular weight excluding hydrogens is 190 g/mol. The smallest absolute Gasteiger partial charge is 0.127 e. The van der Waals surface area contributed by atoms with E-state index in [9.17, 15) is 0 Å². The van der Waals surface area contributed by atoms with Gasteiger partial charge in [0.05, 0.1) is 6.04 Å². The van der Waals surface area contributed by atoms with Crippen LogP contribution in [0.2, 0.25) is 0 Å². The SMILES string of the molecule is Cn1ccnc1C1CNCCN1CCN. The van der Waals surface area contributed by atoms with Crippen LogP contribution in [0.15, 0.2) is 12.4 Å². The minimum atomic E-state index is 0.363. The molecule has 1 aliphatic heterocycles. The summed E-state index contributed by atoms with van der Waals surface area (Å²) in [4.78, 5) is 6.81. The van der Waals surface area contributed by atoms with Crippen molar-refractivity contribution in [3.8, 4) is 0 Å². The molecule has 0 radical (unpaired) electrons. The van der Waals surface area contributed by atoms with E-state index in [1.54, 1.807) is 0 Å². The van der Waals surface area contributed by atoms with Crippen LogP contribution < -0.4 is 11.1 Å². The highest BCUT2D eigenvalue weighted by Gasteiger charge is 2.25. The van der Waals surface area contributed by atoms with Gasteiger partial charge in [-0.3, -0.25) is 4.90 Å². The maximum Gasteiger partial charge on any atom is 0.127 e. The summed E-state index contributed by atoms with van der Waals surface area (Å²) >= 11 is 0. The summed E-state index contributed by atoms with van der Waals surface area (Å²) in [6.45, 7) is 4.71. The second-order valence-corrected chi connectivity index (χ2v) is 3.94. The van der Waals surface area contributed by atoms with Crippen LogP contribution >= 0.6 is 0 Å². The third-order valence-corrected chi connectivity index (χ3v) is 2.93. The Hall–Kier alpha value is -0.910. The van der Waals surface area contributed by atoms with Gasteiger partial charge in [0.15, 0.2) is 0 Å². The van der Waals surface area contributed by atoms with Crippen LogP contribution in [-0.2, 0) is 7.05 Å². The molecule has 2 heterocycles. The van der Waals surface area contributed by atoms with Crippen molar-refractivity contribution in [2.24, 2.45) is 12.8 Å². The summed E-state index contributed by atoms with van der Waals surface area (Å²) in [5.74, 6) is 1.12. The number of hydrogen-bond acceptors (Lipinski definition) is 4. The molecule has 1 fully saturated rings. The molecule has 0 saturated carbocycles. The average molecular weight is 209 g/mol. The zero-order valence-corrected chi connectivity index (χ0v) is 9.19. The number of piperazine rings is 1. The fourth-order valence-corrected chi connectivity index (χ4v) is 2.13. The van der Waals surface area contributed by atoms with Crippen molar-refractivity contribution < 1.29 is 0 Å². The first kappa shape index (κ1) is 10.6. The Labute approximate surface area is 90.3 Å². The van der Waals surface area contributed by atoms with Crippen LogP contribution in [0.25, 0.3) is 0 Å². The maximum absolute atomic E-state index is 5.62. The van der Waals surface area contributed by atoms with Crippen molar-refractivity contribution in [3.05, 3.63) is 18.2 Å². The van der Waals surface area contributed by atoms with Crippen LogP contribution in [0, 0.1) is 0 Å². The number of aromatic nitrogens is 2. The van der Waals surface area contributed by atoms with Crippen molar-refractivity contribution in [1.29, 1.82) is 0 Å². The monoisotopic (exact) mass is 209 g/mol. The van der Waals surface area contributed by atoms with Crippen LogP contribution in [-0.4, -0.2) is 47.2 Å². The molecule has 5 nitrogen and oxygen atoms in total. The molecule has 0 bridgehead atoms. The summed E-state index contributed by atoms with van der Waals surface area (Å²) in [6.07, 6.45) is 3.84. The Morgan fingerprint density at radius 1 is 1.67 bits per heavy atom. The summed E-state index contributed by atoms with van der Waals surface area (Å²) in [7, 11) is 2.04. The molecule has 15 heavy (non-hydrogen) atoms. The second-order valence-electron chi connectivity index (χ2n) is 3.94. The first-order valence-electron chi connectivity index (χ1n) is 5.45. The van der Waals surface area contributed by atoms with Gasteiger partial charge in [0.25, 0.3) is 0 Å². The molecule has 1 unspecified atom stereocenters. The molecule has 84 valence electrons. The lowest BCUT2D eigenvalue weighted by Crippen LogP contribution is -2.48. The van der Waals surface area contributed by atoms with Gasteiger partial charge in [-0.2, -0.15) is 0 Å². The Bertz CT molecular complexity index is 307. The Balaban J connectivity index is 2.14. The summed E-state index contributed by atoms with van der Waals surface area (Å²) in [6, 6.07) is 0.363. The molecule has 0 spiro atoms. The van der Waals surface area contributed by atoms with Crippen molar-refractivity contribution in [2.75, 3.05) is 32.7 Å². The number of aryl methyl sites for hydroxylation is 1. The lowest BCUT2D eigenvalue weighted by Gasteiger charge is -2.35. The van der Waals surface area contributed by atoms with Gasteiger partial charge in [-0.1, -0.05) is 0 Å². The maximum atomic E-state index is 5.62. The van der Waals surface area contributed by atoms with Crippen molar-refractivity contribution in [3.63, 3.8) is 0 Å². The Morgan fingerprint density at radius 2 is 2.53 bits per heavy atom. The molecular formula is C10H19N5. The topological polar surface area (TPSA) is 59.1 Å². The highest BCUT2D eigenvalue weighted by atomic mass is 15.3. The molecule has 1 aromatic rings. The van der Waals surface area contributed by atoms with Crippen molar-refractivity contribution >= 4 is 0 Å². The van der Waals surface area contributed by atoms with Crippen LogP contribution in [0.1, 0.15) is 11.9 Å². The van der Waals surface area contributed by atoms with E-state index < -0.39 is 0 Å². The van der Waals surface area contributed by atoms with Gasteiger partial charge in [0, 0.05) is 52.2 Å². The number of nitrogens with zero attached hydrogens (tertiary/aromatic N) is 3. The number of rotatable bonds is 3. The molecule has 1 aromatic heterocycles. The van der Waals surface area contributed by atoms with Crippen molar-refractivity contribution in [2.45, 2.75) is 6.04 Å². The van der Waals surface area contributed by atoms with Gasteiger partial charge < -0.3 is 15.6 Å². The van der Waals surface area contributed by atoms with E-state index in [2.05, 4.69) is 19.8 Å². The van der Waals surface area contributed by atoms with Gasteiger partial charge >= 0.3 is 0 Å². The van der Waals surface area contributed by atoms with E-state index in [-0.39, 0.29) is 0 Å². The van der Waals surface area contributed by atoms with Gasteiger partial charge in [0.1, 0.15) is 5.82 Å². The molecule has 0 aromatic carbocycles. The summed E-state index contributed by atoms with van der Waals surface area (Å²) in [5.41, 5.74) is 5.62. The third-order valence-electron chi connectivity index (χ3n) is 2.93. The molecule has 2 rings (SSSR count). The predicted octanol–water partition coefficient (Wildman–Crippen LogP) is -0.675. The summed E-state index contributed by atoms with van der Waals surface area (Å²) in [5, 5.41) is 3.40. The normalized spacial score (nSPS) is 23.2. The fourth-order valence-electron chi connectivity index (χ4n) is 2.13. The standard InChI is InChI=1S/C10H19N5/c1-14-6-4-13-10(14)9-8-12-3-7-15(9)5-2-11/h4,6,9,12H,2-3,5,7-8,11H2,1H3. The number of imidazole rings is 1. The van der Waals surface area contributed by atoms with Gasteiger partial charge in [-0.05, 0) is 0 Å². The van der Waals surface area contributed by atoms with E-state index in [4.69, 9.17) is 5.73 Å². The molecule has 0 amide bonds. The van der Waals surface area contributed by atoms with E-state index in [1.165, 1.54) is 0 Å². The summed E-state index contributed by atoms with van der Waals surface area (Å²) < 4.78 is 2.08. The zero-order chi connectivity index (χ0) is 10.7. The van der Waals surface area contributed by atoms with Gasteiger partial charge in [-0.15, -0.1) is 0 Å². The highest BCUT2D eigenvalue weighted by molar-refractivity contribution is 5.02. The predicted molar refractivity (Wildman–Crippen MR) is 59.4 cm³/mol. The lowest BCUT2D eigenvalue weighted by molar-refractivity contribution is 0.157. The first-order chi connectivity index (χ1) is 7.33. The quantitative estimate of drug-likeness (QED) is 0.693. The van der Waals surface area contributed by atoms with Gasteiger partial charge in [0.2, 0.25) is 0 Å². The first-order valence-corrected chi connectivity index (χ1v) is 5.45. The fraction of sp³-hybridized carbons (Fsp3) is 0.700. The second kappa shape index (κ2) is 4.74. The Morgan fingerprint density at radius 3 is 3.20 bits per heavy atom. The molecule has 1 aliphatic rings. The number of nitrogens with one attached hydrogen (secondary N) is 1. The van der Waals surface area contributed by atoms with E-state index in [1.807, 2.05) is 19.4 Å². The van der Waals surface area contributed by atoms with Gasteiger partial charge in [-0.25, -0.2) is 4.98 Å².